The van der Waals surface area contributed by atoms with Crippen molar-refractivity contribution in [1.82, 2.24) is 15.5 Å². The van der Waals surface area contributed by atoms with E-state index in [1.165, 1.54) is 0 Å². The van der Waals surface area contributed by atoms with Gasteiger partial charge in [-0.1, -0.05) is 60.8 Å². The van der Waals surface area contributed by atoms with Gasteiger partial charge in [0.1, 0.15) is 23.7 Å². The van der Waals surface area contributed by atoms with Crippen molar-refractivity contribution in [3.63, 3.8) is 0 Å². The quantitative estimate of drug-likeness (QED) is 0.368. The summed E-state index contributed by atoms with van der Waals surface area (Å²) >= 11 is 0. The maximum Gasteiger partial charge on any atom is 0.246 e. The van der Waals surface area contributed by atoms with E-state index in [-0.39, 0.29) is 42.0 Å². The van der Waals surface area contributed by atoms with Crippen molar-refractivity contribution >= 4 is 35.1 Å². The average Bonchev–Trinajstić information content (AvgIpc) is 2.92. The van der Waals surface area contributed by atoms with E-state index in [4.69, 9.17) is 0 Å². The molecule has 226 valence electrons. The second-order valence-electron chi connectivity index (χ2n) is 12.7. The summed E-state index contributed by atoms with van der Waals surface area (Å²) in [4.78, 5) is 80.8. The van der Waals surface area contributed by atoms with Crippen LogP contribution in [0.1, 0.15) is 119 Å². The van der Waals surface area contributed by atoms with Crippen LogP contribution in [0.4, 0.5) is 0 Å². The number of hydrogen-bond acceptors (Lipinski definition) is 6. The lowest BCUT2D eigenvalue weighted by atomic mass is 9.85. The van der Waals surface area contributed by atoms with E-state index in [9.17, 15) is 28.8 Å². The van der Waals surface area contributed by atoms with Gasteiger partial charge in [0.05, 0.1) is 6.04 Å². The van der Waals surface area contributed by atoms with Crippen LogP contribution in [0, 0.1) is 17.3 Å². The molecular formula is C31H51N3O6. The second kappa shape index (κ2) is 15.4. The molecule has 0 aromatic carbocycles. The smallest absolute Gasteiger partial charge is 0.246 e. The standard InChI is InChI=1S/C31H51N3O6/c1-7-20(3)27-30(40)34-17-13-12-16-24(34)25(36)18-21(14-10-9-11-15-22(35)8-2)28(38)32-23(29(39)33-27)19-26(37)31(4,5)6/h20-21,23-24,27H,7-19H2,1-6H3,(H,32,38)(H,33,39)/t20-,21-,23+,24-,27+/m1/s1. The first-order chi connectivity index (χ1) is 18.8. The Morgan fingerprint density at radius 2 is 1.68 bits per heavy atom. The van der Waals surface area contributed by atoms with Crippen molar-refractivity contribution in [2.24, 2.45) is 17.3 Å². The van der Waals surface area contributed by atoms with Gasteiger partial charge in [-0.15, -0.1) is 0 Å². The van der Waals surface area contributed by atoms with Crippen LogP contribution in [0.5, 0.6) is 0 Å². The van der Waals surface area contributed by atoms with E-state index in [1.54, 1.807) is 25.7 Å². The Labute approximate surface area is 240 Å². The van der Waals surface area contributed by atoms with Crippen molar-refractivity contribution in [1.29, 1.82) is 0 Å². The molecule has 0 bridgehead atoms. The minimum atomic E-state index is -1.14. The minimum absolute atomic E-state index is 0.0241. The summed E-state index contributed by atoms with van der Waals surface area (Å²) < 4.78 is 0. The van der Waals surface area contributed by atoms with E-state index in [2.05, 4.69) is 10.6 Å². The molecule has 3 amide bonds. The predicted octanol–water partition coefficient (Wildman–Crippen LogP) is 3.91. The molecule has 0 aliphatic carbocycles. The highest BCUT2D eigenvalue weighted by Gasteiger charge is 2.41. The van der Waals surface area contributed by atoms with Crippen LogP contribution in [-0.4, -0.2) is 64.6 Å². The molecule has 2 aliphatic heterocycles. The fourth-order valence-corrected chi connectivity index (χ4v) is 5.41. The van der Waals surface area contributed by atoms with E-state index >= 15 is 0 Å². The topological polar surface area (TPSA) is 130 Å². The average molecular weight is 562 g/mol. The molecule has 0 aromatic rings. The number of nitrogens with one attached hydrogen (secondary N) is 2. The number of amides is 3. The van der Waals surface area contributed by atoms with Crippen LogP contribution in [0.25, 0.3) is 0 Å². The lowest BCUT2D eigenvalue weighted by Gasteiger charge is -2.39. The Morgan fingerprint density at radius 3 is 2.30 bits per heavy atom. The molecule has 2 aliphatic rings. The van der Waals surface area contributed by atoms with Gasteiger partial charge in [-0.2, -0.15) is 0 Å². The fourth-order valence-electron chi connectivity index (χ4n) is 5.41. The molecule has 0 radical (unpaired) electrons. The molecule has 2 N–H and O–H groups in total. The predicted molar refractivity (Wildman–Crippen MR) is 153 cm³/mol. The highest BCUT2D eigenvalue weighted by molar-refractivity contribution is 5.99. The lowest BCUT2D eigenvalue weighted by molar-refractivity contribution is -0.147. The van der Waals surface area contributed by atoms with Gasteiger partial charge in [-0.3, -0.25) is 28.8 Å². The summed E-state index contributed by atoms with van der Waals surface area (Å²) in [6.07, 6.45) is 6.11. The Bertz CT molecular complexity index is 940. The van der Waals surface area contributed by atoms with Crippen molar-refractivity contribution in [2.45, 2.75) is 137 Å². The highest BCUT2D eigenvalue weighted by Crippen LogP contribution is 2.26. The van der Waals surface area contributed by atoms with Gasteiger partial charge in [0, 0.05) is 43.6 Å². The molecule has 5 atom stereocenters. The Balaban J connectivity index is 2.38. The molecule has 2 rings (SSSR count). The molecule has 0 saturated carbocycles. The molecule has 0 spiro atoms. The number of carbonyl (C=O) groups excluding carboxylic acids is 6. The van der Waals surface area contributed by atoms with Crippen molar-refractivity contribution in [2.75, 3.05) is 6.54 Å². The third-order valence-corrected chi connectivity index (χ3v) is 8.51. The van der Waals surface area contributed by atoms with Gasteiger partial charge >= 0.3 is 0 Å². The minimum Gasteiger partial charge on any atom is -0.344 e. The zero-order valence-corrected chi connectivity index (χ0v) is 25.5. The monoisotopic (exact) mass is 561 g/mol. The van der Waals surface area contributed by atoms with Crippen molar-refractivity contribution < 1.29 is 28.8 Å². The summed E-state index contributed by atoms with van der Waals surface area (Å²) in [5.41, 5.74) is -0.715. The van der Waals surface area contributed by atoms with Gasteiger partial charge in [0.25, 0.3) is 0 Å². The van der Waals surface area contributed by atoms with Gasteiger partial charge in [-0.05, 0) is 38.0 Å². The number of hydrogen-bond donors (Lipinski definition) is 2. The van der Waals surface area contributed by atoms with Gasteiger partial charge in [0.15, 0.2) is 5.78 Å². The Morgan fingerprint density at radius 1 is 0.975 bits per heavy atom. The van der Waals surface area contributed by atoms with Crippen LogP contribution >= 0.6 is 0 Å². The van der Waals surface area contributed by atoms with E-state index in [0.717, 1.165) is 25.7 Å². The summed E-state index contributed by atoms with van der Waals surface area (Å²) in [5, 5.41) is 5.65. The molecule has 0 aromatic heterocycles. The fraction of sp³-hybridized carbons (Fsp3) is 0.806. The van der Waals surface area contributed by atoms with Crippen LogP contribution in [0.2, 0.25) is 0 Å². The number of nitrogens with zero attached hydrogens (tertiary/aromatic N) is 1. The van der Waals surface area contributed by atoms with Gasteiger partial charge in [-0.25, -0.2) is 0 Å². The number of fused-ring (bicyclic) bond motifs is 1. The van der Waals surface area contributed by atoms with Crippen LogP contribution in [0.3, 0.4) is 0 Å². The summed E-state index contributed by atoms with van der Waals surface area (Å²) in [7, 11) is 0. The van der Waals surface area contributed by atoms with Crippen molar-refractivity contribution in [3.05, 3.63) is 0 Å². The molecule has 2 fully saturated rings. The normalized spacial score (nSPS) is 25.7. The highest BCUT2D eigenvalue weighted by atomic mass is 16.2. The molecule has 0 unspecified atom stereocenters. The van der Waals surface area contributed by atoms with E-state index < -0.39 is 41.3 Å². The van der Waals surface area contributed by atoms with E-state index in [0.29, 0.717) is 45.1 Å². The van der Waals surface area contributed by atoms with Gasteiger partial charge in [0.2, 0.25) is 17.7 Å². The third kappa shape index (κ3) is 9.51. The molecule has 9 nitrogen and oxygen atoms in total. The first-order valence-corrected chi connectivity index (χ1v) is 15.3. The zero-order valence-electron chi connectivity index (χ0n) is 25.5. The number of carbonyl (C=O) groups is 6. The van der Waals surface area contributed by atoms with Gasteiger partial charge < -0.3 is 15.5 Å². The van der Waals surface area contributed by atoms with Crippen LogP contribution < -0.4 is 10.6 Å². The summed E-state index contributed by atoms with van der Waals surface area (Å²) in [5.74, 6) is -2.24. The number of ketones is 3. The number of piperidine rings is 1. The third-order valence-electron chi connectivity index (χ3n) is 8.51. The van der Waals surface area contributed by atoms with Crippen LogP contribution in [0.15, 0.2) is 0 Å². The number of rotatable bonds is 11. The zero-order chi connectivity index (χ0) is 30.0. The SMILES string of the molecule is CCC(=O)CCCCC[C@@H]1CC(=O)[C@H]2CCCCN2C(=O)[C@H]([C@H](C)CC)NC(=O)[C@H](CC(=O)C(C)(C)C)NC1=O. The maximum absolute atomic E-state index is 13.8. The largest absolute Gasteiger partial charge is 0.344 e. The Kier molecular flexibility index (Phi) is 13.0. The molecule has 40 heavy (non-hydrogen) atoms. The molecule has 2 saturated heterocycles. The molecule has 2 heterocycles. The van der Waals surface area contributed by atoms with Crippen molar-refractivity contribution in [3.8, 4) is 0 Å². The van der Waals surface area contributed by atoms with E-state index in [1.807, 2.05) is 20.8 Å². The number of Topliss-reactive ketones (excluding diaryl/α,β-unsaturated/α-hetero) is 3. The second-order valence-corrected chi connectivity index (χ2v) is 12.7. The summed E-state index contributed by atoms with van der Waals surface area (Å²) in [6, 6.07) is -2.61. The number of unbranched alkanes of at least 4 members (excludes halogenated alkanes) is 2. The first kappa shape index (κ1) is 33.6. The van der Waals surface area contributed by atoms with Crippen LogP contribution in [-0.2, 0) is 28.8 Å². The maximum atomic E-state index is 13.8. The molecular weight excluding hydrogens is 510 g/mol. The first-order valence-electron chi connectivity index (χ1n) is 15.3. The summed E-state index contributed by atoms with van der Waals surface area (Å²) in [6.45, 7) is 11.4. The Hall–Kier alpha value is -2.58. The lowest BCUT2D eigenvalue weighted by Crippen LogP contribution is -2.61. The molecule has 9 heteroatoms.